The number of nitrogens with one attached hydrogen (secondary N) is 3. The normalized spacial score (nSPS) is 17.9. The Morgan fingerprint density at radius 3 is 2.31 bits per heavy atom. The van der Waals surface area contributed by atoms with Gasteiger partial charge in [0, 0.05) is 44.7 Å². The Morgan fingerprint density at radius 1 is 0.881 bits per heavy atom. The molecule has 230 valence electrons. The Hall–Kier alpha value is -2.74. The number of hydrogen-bond donors (Lipinski definition) is 3. The minimum atomic E-state index is 0.447. The lowest BCUT2D eigenvalue weighted by atomic mass is 9.86. The van der Waals surface area contributed by atoms with Crippen LogP contribution in [0.1, 0.15) is 70.8 Å². The van der Waals surface area contributed by atoms with Crippen molar-refractivity contribution in [3.8, 4) is 0 Å². The predicted octanol–water partition coefficient (Wildman–Crippen LogP) is 6.32. The Labute approximate surface area is 254 Å². The van der Waals surface area contributed by atoms with Crippen LogP contribution in [0.3, 0.4) is 0 Å². The zero-order valence-electron chi connectivity index (χ0n) is 26.6. The van der Waals surface area contributed by atoms with Crippen LogP contribution in [0.25, 0.3) is 10.9 Å². The van der Waals surface area contributed by atoms with E-state index in [9.17, 15) is 0 Å². The molecule has 7 nitrogen and oxygen atoms in total. The van der Waals surface area contributed by atoms with Gasteiger partial charge < -0.3 is 25.8 Å². The summed E-state index contributed by atoms with van der Waals surface area (Å²) in [5, 5.41) is 12.4. The molecule has 0 bridgehead atoms. The monoisotopic (exact) mass is 573 g/mol. The second-order valence-electron chi connectivity index (χ2n) is 12.4. The third kappa shape index (κ3) is 10.2. The molecule has 1 aliphatic rings. The Kier molecular flexibility index (Phi) is 13.3. The molecular weight excluding hydrogens is 518 g/mol. The third-order valence-electron chi connectivity index (χ3n) is 8.52. The van der Waals surface area contributed by atoms with Crippen molar-refractivity contribution in [2.75, 3.05) is 57.0 Å². The largest absolute Gasteiger partial charge is 0.362 e. The first kappa shape index (κ1) is 32.2. The number of aromatic nitrogens is 2. The molecule has 1 unspecified atom stereocenters. The first-order valence-electron chi connectivity index (χ1n) is 16.5. The highest BCUT2D eigenvalue weighted by Gasteiger charge is 2.22. The third-order valence-corrected chi connectivity index (χ3v) is 8.52. The summed E-state index contributed by atoms with van der Waals surface area (Å²) >= 11 is 0. The van der Waals surface area contributed by atoms with Gasteiger partial charge in [-0.25, -0.2) is 4.98 Å². The molecule has 0 aliphatic heterocycles. The van der Waals surface area contributed by atoms with Crippen LogP contribution in [0.5, 0.6) is 0 Å². The molecule has 2 aromatic carbocycles. The first-order valence-corrected chi connectivity index (χ1v) is 16.5. The Balaban J connectivity index is 1.18. The second-order valence-corrected chi connectivity index (χ2v) is 12.4. The van der Waals surface area contributed by atoms with E-state index in [0.717, 1.165) is 54.8 Å². The molecule has 3 N–H and O–H groups in total. The topological polar surface area (TPSA) is 68.3 Å². The molecule has 0 amide bonds. The first-order chi connectivity index (χ1) is 20.6. The summed E-state index contributed by atoms with van der Waals surface area (Å²) in [6.45, 7) is 11.3. The van der Waals surface area contributed by atoms with E-state index in [1.54, 1.807) is 0 Å². The summed E-state index contributed by atoms with van der Waals surface area (Å²) in [7, 11) is 4.09. The van der Waals surface area contributed by atoms with Gasteiger partial charge in [-0.2, -0.15) is 4.98 Å². The van der Waals surface area contributed by atoms with Crippen molar-refractivity contribution in [1.29, 1.82) is 0 Å². The van der Waals surface area contributed by atoms with Gasteiger partial charge in [-0.05, 0) is 101 Å². The molecule has 1 aliphatic carbocycles. The Morgan fingerprint density at radius 2 is 1.60 bits per heavy atom. The van der Waals surface area contributed by atoms with Crippen molar-refractivity contribution in [3.63, 3.8) is 0 Å². The van der Waals surface area contributed by atoms with E-state index in [4.69, 9.17) is 9.97 Å². The number of fused-ring (bicyclic) bond motifs is 1. The molecule has 42 heavy (non-hydrogen) atoms. The van der Waals surface area contributed by atoms with Crippen molar-refractivity contribution in [2.24, 2.45) is 5.92 Å². The van der Waals surface area contributed by atoms with E-state index in [0.29, 0.717) is 12.1 Å². The van der Waals surface area contributed by atoms with Crippen molar-refractivity contribution in [2.45, 2.75) is 83.8 Å². The molecule has 3 aromatic rings. The van der Waals surface area contributed by atoms with Crippen LogP contribution in [0, 0.1) is 5.92 Å². The molecule has 0 radical (unpaired) electrons. The SMILES string of the molecule is CCCN(CCC)CC(CCCNCC1CCC(Nc2nc(N(C)C)c3ccccc3n2)CC1)NCc1ccccc1. The second kappa shape index (κ2) is 17.4. The standard InChI is InChI=1S/C35H55N7/c1-5-23-42(24-6-2)27-31(37-26-28-13-8-7-9-14-28)15-12-22-36-25-29-18-20-30(21-19-29)38-35-39-33-17-11-10-16-32(33)34(40-35)41(3)4/h7-11,13-14,16-17,29-31,36-37H,5-6,12,15,18-27H2,1-4H3,(H,38,39,40). The van der Waals surface area contributed by atoms with E-state index < -0.39 is 0 Å². The van der Waals surface area contributed by atoms with E-state index in [1.807, 2.05) is 20.2 Å². The minimum absolute atomic E-state index is 0.447. The van der Waals surface area contributed by atoms with E-state index >= 15 is 0 Å². The molecule has 7 heteroatoms. The quantitative estimate of drug-likeness (QED) is 0.154. The maximum Gasteiger partial charge on any atom is 0.225 e. The highest BCUT2D eigenvalue weighted by molar-refractivity contribution is 5.90. The molecule has 1 aromatic heterocycles. The van der Waals surface area contributed by atoms with Gasteiger partial charge in [-0.1, -0.05) is 56.3 Å². The average Bonchev–Trinajstić information content (AvgIpc) is 3.00. The highest BCUT2D eigenvalue weighted by Crippen LogP contribution is 2.28. The van der Waals surface area contributed by atoms with Crippen LogP contribution >= 0.6 is 0 Å². The molecule has 1 saturated carbocycles. The summed E-state index contributed by atoms with van der Waals surface area (Å²) in [6, 6.07) is 20.1. The van der Waals surface area contributed by atoms with Crippen LogP contribution in [0.15, 0.2) is 54.6 Å². The number of benzene rings is 2. The number of para-hydroxylation sites is 1. The summed E-state index contributed by atoms with van der Waals surface area (Å²) in [5.74, 6) is 2.49. The molecule has 1 atom stereocenters. The maximum atomic E-state index is 4.85. The van der Waals surface area contributed by atoms with Gasteiger partial charge in [0.15, 0.2) is 0 Å². The van der Waals surface area contributed by atoms with Crippen LogP contribution in [0.2, 0.25) is 0 Å². The summed E-state index contributed by atoms with van der Waals surface area (Å²) < 4.78 is 0. The van der Waals surface area contributed by atoms with Gasteiger partial charge in [0.2, 0.25) is 5.95 Å². The van der Waals surface area contributed by atoms with Crippen LogP contribution < -0.4 is 20.9 Å². The van der Waals surface area contributed by atoms with E-state index in [2.05, 4.69) is 88.1 Å². The van der Waals surface area contributed by atoms with E-state index in [1.165, 1.54) is 70.0 Å². The number of nitrogens with zero attached hydrogens (tertiary/aromatic N) is 4. The van der Waals surface area contributed by atoms with Gasteiger partial charge in [-0.15, -0.1) is 0 Å². The summed E-state index contributed by atoms with van der Waals surface area (Å²) in [4.78, 5) is 14.4. The van der Waals surface area contributed by atoms with Gasteiger partial charge in [0.1, 0.15) is 5.82 Å². The molecule has 0 spiro atoms. The zero-order valence-corrected chi connectivity index (χ0v) is 26.6. The van der Waals surface area contributed by atoms with Gasteiger partial charge in [0.05, 0.1) is 5.52 Å². The maximum absolute atomic E-state index is 4.85. The fourth-order valence-electron chi connectivity index (χ4n) is 6.29. The van der Waals surface area contributed by atoms with Crippen molar-refractivity contribution in [3.05, 3.63) is 60.2 Å². The summed E-state index contributed by atoms with van der Waals surface area (Å²) in [5.41, 5.74) is 2.37. The molecule has 0 saturated heterocycles. The zero-order chi connectivity index (χ0) is 29.6. The van der Waals surface area contributed by atoms with Crippen molar-refractivity contribution >= 4 is 22.7 Å². The van der Waals surface area contributed by atoms with Crippen LogP contribution in [-0.2, 0) is 6.54 Å². The van der Waals surface area contributed by atoms with Crippen molar-refractivity contribution < 1.29 is 0 Å². The van der Waals surface area contributed by atoms with Crippen LogP contribution in [0.4, 0.5) is 11.8 Å². The van der Waals surface area contributed by atoms with E-state index in [-0.39, 0.29) is 0 Å². The lowest BCUT2D eigenvalue weighted by Crippen LogP contribution is -2.42. The fourth-order valence-corrected chi connectivity index (χ4v) is 6.29. The summed E-state index contributed by atoms with van der Waals surface area (Å²) in [6.07, 6.45) is 9.72. The van der Waals surface area contributed by atoms with Gasteiger partial charge in [0.25, 0.3) is 0 Å². The van der Waals surface area contributed by atoms with Crippen LogP contribution in [-0.4, -0.2) is 73.8 Å². The average molecular weight is 574 g/mol. The highest BCUT2D eigenvalue weighted by atomic mass is 15.2. The smallest absolute Gasteiger partial charge is 0.225 e. The minimum Gasteiger partial charge on any atom is -0.362 e. The molecule has 4 rings (SSSR count). The van der Waals surface area contributed by atoms with Gasteiger partial charge in [-0.3, -0.25) is 0 Å². The molecular formula is C35H55N7. The Bertz CT molecular complexity index is 1150. The fraction of sp³-hybridized carbons (Fsp3) is 0.600. The lowest BCUT2D eigenvalue weighted by Gasteiger charge is -2.30. The number of hydrogen-bond acceptors (Lipinski definition) is 7. The van der Waals surface area contributed by atoms with Crippen molar-refractivity contribution in [1.82, 2.24) is 25.5 Å². The number of anilines is 2. The lowest BCUT2D eigenvalue weighted by molar-refractivity contribution is 0.233. The molecule has 1 heterocycles. The predicted molar refractivity (Wildman–Crippen MR) is 179 cm³/mol. The molecule has 1 fully saturated rings. The number of rotatable bonds is 18. The van der Waals surface area contributed by atoms with Gasteiger partial charge >= 0.3 is 0 Å².